The number of rotatable bonds is 4. The zero-order chi connectivity index (χ0) is 13.0. The standard InChI is InChI=1S/C12H11N3O3/c13-7-10-12(17-6-5-11(16)15-14)8-3-1-2-4-9(8)18-10/h1-4H,5-6,14H2,(H,15,16). The average molecular weight is 245 g/mol. The number of amides is 1. The molecule has 0 fully saturated rings. The molecule has 2 aromatic rings. The van der Waals surface area contributed by atoms with Crippen molar-refractivity contribution in [2.24, 2.45) is 5.84 Å². The summed E-state index contributed by atoms with van der Waals surface area (Å²) < 4.78 is 10.7. The van der Waals surface area contributed by atoms with Crippen LogP contribution in [-0.2, 0) is 4.79 Å². The number of carbonyl (C=O) groups is 1. The summed E-state index contributed by atoms with van der Waals surface area (Å²) in [5.74, 6) is 5.08. The van der Waals surface area contributed by atoms with Gasteiger partial charge in [0.1, 0.15) is 11.7 Å². The third-order valence-electron chi connectivity index (χ3n) is 2.39. The third-order valence-corrected chi connectivity index (χ3v) is 2.39. The lowest BCUT2D eigenvalue weighted by atomic mass is 10.2. The summed E-state index contributed by atoms with van der Waals surface area (Å²) in [6.45, 7) is 0.126. The van der Waals surface area contributed by atoms with Crippen LogP contribution >= 0.6 is 0 Å². The number of nitrogens with two attached hydrogens (primary N) is 1. The van der Waals surface area contributed by atoms with Gasteiger partial charge in [-0.25, -0.2) is 5.84 Å². The molecule has 0 radical (unpaired) electrons. The molecule has 0 spiro atoms. The summed E-state index contributed by atoms with van der Waals surface area (Å²) in [5.41, 5.74) is 2.58. The summed E-state index contributed by atoms with van der Waals surface area (Å²) in [5, 5.41) is 9.66. The normalized spacial score (nSPS) is 10.0. The molecule has 18 heavy (non-hydrogen) atoms. The smallest absolute Gasteiger partial charge is 0.246 e. The van der Waals surface area contributed by atoms with Crippen molar-refractivity contribution in [2.45, 2.75) is 6.42 Å². The average Bonchev–Trinajstić information content (AvgIpc) is 2.77. The van der Waals surface area contributed by atoms with Gasteiger partial charge in [0.25, 0.3) is 0 Å². The molecule has 1 aromatic carbocycles. The zero-order valence-corrected chi connectivity index (χ0v) is 9.47. The Morgan fingerprint density at radius 3 is 3.00 bits per heavy atom. The minimum atomic E-state index is -0.332. The molecule has 1 heterocycles. The maximum absolute atomic E-state index is 11.0. The quantitative estimate of drug-likeness (QED) is 0.476. The summed E-state index contributed by atoms with van der Waals surface area (Å²) in [7, 11) is 0. The van der Waals surface area contributed by atoms with E-state index in [0.29, 0.717) is 16.7 Å². The number of nitrogens with zero attached hydrogens (tertiary/aromatic N) is 1. The number of hydrazine groups is 1. The van der Waals surface area contributed by atoms with Crippen molar-refractivity contribution in [3.63, 3.8) is 0 Å². The lowest BCUT2D eigenvalue weighted by molar-refractivity contribution is -0.121. The minimum Gasteiger partial charge on any atom is -0.488 e. The second-order valence-corrected chi connectivity index (χ2v) is 3.53. The first kappa shape index (κ1) is 12.0. The van der Waals surface area contributed by atoms with Crippen LogP contribution in [0.15, 0.2) is 28.7 Å². The van der Waals surface area contributed by atoms with Crippen molar-refractivity contribution >= 4 is 16.9 Å². The molecule has 0 aliphatic heterocycles. The molecule has 0 aliphatic carbocycles. The highest BCUT2D eigenvalue weighted by atomic mass is 16.5. The van der Waals surface area contributed by atoms with Crippen molar-refractivity contribution in [1.82, 2.24) is 5.43 Å². The molecule has 0 unspecified atom stereocenters. The van der Waals surface area contributed by atoms with E-state index in [2.05, 4.69) is 0 Å². The fourth-order valence-electron chi connectivity index (χ4n) is 1.56. The SMILES string of the molecule is N#Cc1oc2ccccc2c1OCCC(=O)NN. The van der Waals surface area contributed by atoms with Crippen LogP contribution in [0.4, 0.5) is 0 Å². The van der Waals surface area contributed by atoms with E-state index in [9.17, 15) is 4.79 Å². The predicted molar refractivity (Wildman–Crippen MR) is 63.4 cm³/mol. The van der Waals surface area contributed by atoms with Gasteiger partial charge in [0, 0.05) is 0 Å². The first-order valence-corrected chi connectivity index (χ1v) is 5.30. The Kier molecular flexibility index (Phi) is 3.46. The number of fused-ring (bicyclic) bond motifs is 1. The van der Waals surface area contributed by atoms with Gasteiger partial charge >= 0.3 is 0 Å². The molecular formula is C12H11N3O3. The van der Waals surface area contributed by atoms with E-state index in [0.717, 1.165) is 0 Å². The molecule has 0 saturated carbocycles. The predicted octanol–water partition coefficient (Wildman–Crippen LogP) is 1.06. The summed E-state index contributed by atoms with van der Waals surface area (Å²) in [4.78, 5) is 11.0. The van der Waals surface area contributed by atoms with Crippen molar-refractivity contribution in [2.75, 3.05) is 6.61 Å². The van der Waals surface area contributed by atoms with E-state index in [4.69, 9.17) is 20.3 Å². The Balaban J connectivity index is 2.21. The Labute approximate surface area is 103 Å². The Morgan fingerprint density at radius 1 is 1.50 bits per heavy atom. The van der Waals surface area contributed by atoms with E-state index in [1.54, 1.807) is 18.2 Å². The summed E-state index contributed by atoms with van der Waals surface area (Å²) in [6, 6.07) is 9.08. The molecule has 1 amide bonds. The second kappa shape index (κ2) is 5.21. The molecule has 0 bridgehead atoms. The van der Waals surface area contributed by atoms with Gasteiger partial charge < -0.3 is 9.15 Å². The fourth-order valence-corrected chi connectivity index (χ4v) is 1.56. The van der Waals surface area contributed by atoms with Gasteiger partial charge in [-0.05, 0) is 12.1 Å². The van der Waals surface area contributed by atoms with Crippen molar-refractivity contribution < 1.29 is 13.9 Å². The largest absolute Gasteiger partial charge is 0.488 e. The number of nitrogens with one attached hydrogen (secondary N) is 1. The highest BCUT2D eigenvalue weighted by molar-refractivity contribution is 5.86. The van der Waals surface area contributed by atoms with Crippen LogP contribution in [-0.4, -0.2) is 12.5 Å². The Hall–Kier alpha value is -2.52. The molecule has 3 N–H and O–H groups in total. The van der Waals surface area contributed by atoms with Gasteiger partial charge in [0.2, 0.25) is 11.7 Å². The van der Waals surface area contributed by atoms with E-state index in [-0.39, 0.29) is 24.7 Å². The van der Waals surface area contributed by atoms with Crippen LogP contribution in [0.25, 0.3) is 11.0 Å². The number of hydrogen-bond donors (Lipinski definition) is 2. The van der Waals surface area contributed by atoms with Gasteiger partial charge in [0.05, 0.1) is 18.4 Å². The fraction of sp³-hybridized carbons (Fsp3) is 0.167. The van der Waals surface area contributed by atoms with E-state index in [1.807, 2.05) is 17.6 Å². The van der Waals surface area contributed by atoms with Crippen molar-refractivity contribution in [3.05, 3.63) is 30.0 Å². The maximum atomic E-state index is 11.0. The Bertz CT molecular complexity index is 613. The number of ether oxygens (including phenoxy) is 1. The second-order valence-electron chi connectivity index (χ2n) is 3.53. The van der Waals surface area contributed by atoms with Crippen LogP contribution in [0, 0.1) is 11.3 Å². The molecule has 1 aromatic heterocycles. The van der Waals surface area contributed by atoms with Crippen molar-refractivity contribution in [1.29, 1.82) is 5.26 Å². The Morgan fingerprint density at radius 2 is 2.28 bits per heavy atom. The maximum Gasteiger partial charge on any atom is 0.246 e. The molecule has 92 valence electrons. The monoisotopic (exact) mass is 245 g/mol. The first-order valence-electron chi connectivity index (χ1n) is 5.30. The van der Waals surface area contributed by atoms with Crippen LogP contribution in [0.3, 0.4) is 0 Å². The zero-order valence-electron chi connectivity index (χ0n) is 9.47. The number of hydrogen-bond acceptors (Lipinski definition) is 5. The van der Waals surface area contributed by atoms with Gasteiger partial charge in [0.15, 0.2) is 5.75 Å². The topological polar surface area (TPSA) is 101 Å². The van der Waals surface area contributed by atoms with Crippen LogP contribution < -0.4 is 16.0 Å². The summed E-state index contributed by atoms with van der Waals surface area (Å²) >= 11 is 0. The van der Waals surface area contributed by atoms with E-state index in [1.165, 1.54) is 0 Å². The van der Waals surface area contributed by atoms with Gasteiger partial charge in [-0.2, -0.15) is 5.26 Å². The lowest BCUT2D eigenvalue weighted by Gasteiger charge is -2.03. The molecule has 6 nitrogen and oxygen atoms in total. The molecule has 0 atom stereocenters. The highest BCUT2D eigenvalue weighted by Gasteiger charge is 2.15. The molecule has 2 rings (SSSR count). The first-order chi connectivity index (χ1) is 8.76. The van der Waals surface area contributed by atoms with Crippen molar-refractivity contribution in [3.8, 4) is 11.8 Å². The van der Waals surface area contributed by atoms with Gasteiger partial charge in [-0.3, -0.25) is 10.2 Å². The molecule has 0 saturated heterocycles. The number of nitriles is 1. The highest BCUT2D eigenvalue weighted by Crippen LogP contribution is 2.32. The number of para-hydroxylation sites is 1. The number of carbonyl (C=O) groups excluding carboxylic acids is 1. The van der Waals surface area contributed by atoms with E-state index < -0.39 is 0 Å². The van der Waals surface area contributed by atoms with Gasteiger partial charge in [-0.15, -0.1) is 0 Å². The lowest BCUT2D eigenvalue weighted by Crippen LogP contribution is -2.31. The number of benzene rings is 1. The molecule has 0 aliphatic rings. The van der Waals surface area contributed by atoms with Gasteiger partial charge in [-0.1, -0.05) is 12.1 Å². The molecular weight excluding hydrogens is 234 g/mol. The van der Waals surface area contributed by atoms with Crippen LogP contribution in [0.2, 0.25) is 0 Å². The third kappa shape index (κ3) is 2.26. The molecule has 6 heteroatoms. The van der Waals surface area contributed by atoms with Crippen LogP contribution in [0.5, 0.6) is 5.75 Å². The number of furan rings is 1. The van der Waals surface area contributed by atoms with E-state index >= 15 is 0 Å². The minimum absolute atomic E-state index is 0.101. The van der Waals surface area contributed by atoms with Crippen LogP contribution in [0.1, 0.15) is 12.2 Å². The summed E-state index contributed by atoms with van der Waals surface area (Å²) in [6.07, 6.45) is 0.112.